The van der Waals surface area contributed by atoms with Crippen molar-refractivity contribution in [3.63, 3.8) is 0 Å². The maximum Gasteiger partial charge on any atom is 0.188 e. The van der Waals surface area contributed by atoms with E-state index in [4.69, 9.17) is 0 Å². The molecule has 0 bridgehead atoms. The molecule has 1 aliphatic heterocycles. The zero-order valence-electron chi connectivity index (χ0n) is 11.8. The van der Waals surface area contributed by atoms with Crippen molar-refractivity contribution in [3.8, 4) is 0 Å². The van der Waals surface area contributed by atoms with Crippen molar-refractivity contribution >= 4 is 17.5 Å². The highest BCUT2D eigenvalue weighted by atomic mass is 32.2. The van der Waals surface area contributed by atoms with E-state index >= 15 is 0 Å². The molecule has 1 nitrogen and oxygen atoms in total. The number of hydrogen-bond donors (Lipinski definition) is 0. The predicted molar refractivity (Wildman–Crippen MR) is 83.8 cm³/mol. The molecule has 0 saturated carbocycles. The fourth-order valence-electron chi connectivity index (χ4n) is 2.71. The summed E-state index contributed by atoms with van der Waals surface area (Å²) in [6, 6.07) is 9.66. The van der Waals surface area contributed by atoms with Crippen LogP contribution in [0.4, 0.5) is 0 Å². The second kappa shape index (κ2) is 6.95. The molecule has 0 N–H and O–H groups in total. The van der Waals surface area contributed by atoms with Crippen molar-refractivity contribution in [1.29, 1.82) is 0 Å². The van der Waals surface area contributed by atoms with E-state index in [2.05, 4.69) is 13.8 Å². The van der Waals surface area contributed by atoms with Crippen LogP contribution in [0.25, 0.3) is 0 Å². The Morgan fingerprint density at radius 3 is 2.63 bits per heavy atom. The van der Waals surface area contributed by atoms with E-state index in [1.165, 1.54) is 29.9 Å². The van der Waals surface area contributed by atoms with Crippen molar-refractivity contribution in [2.75, 3.05) is 11.5 Å². The van der Waals surface area contributed by atoms with Crippen LogP contribution < -0.4 is 0 Å². The smallest absolute Gasteiger partial charge is 0.188 e. The summed E-state index contributed by atoms with van der Waals surface area (Å²) in [7, 11) is 0. The second-order valence-corrected chi connectivity index (χ2v) is 6.27. The third kappa shape index (κ3) is 3.50. The number of ketones is 1. The molecule has 102 valence electrons. The molecule has 0 aliphatic carbocycles. The molecule has 0 spiro atoms. The Morgan fingerprint density at radius 2 is 2.05 bits per heavy atom. The van der Waals surface area contributed by atoms with Crippen LogP contribution in [-0.4, -0.2) is 17.3 Å². The lowest BCUT2D eigenvalue weighted by molar-refractivity contribution is 0.102. The third-order valence-electron chi connectivity index (χ3n) is 3.91. The molecule has 1 heterocycles. The Hall–Kier alpha value is -1.02. The van der Waals surface area contributed by atoms with Gasteiger partial charge in [0, 0.05) is 5.56 Å². The van der Waals surface area contributed by atoms with E-state index in [0.717, 1.165) is 17.6 Å². The lowest BCUT2D eigenvalue weighted by Gasteiger charge is -2.24. The number of Topliss-reactive ketones (excluding diaryl/α,β-unsaturated/α-hetero) is 1. The molecule has 1 saturated heterocycles. The minimum Gasteiger partial charge on any atom is -0.289 e. The van der Waals surface area contributed by atoms with Gasteiger partial charge in [-0.3, -0.25) is 4.79 Å². The minimum atomic E-state index is 0.219. The van der Waals surface area contributed by atoms with Crippen LogP contribution in [0.2, 0.25) is 0 Å². The first kappa shape index (κ1) is 14.4. The van der Waals surface area contributed by atoms with E-state index in [1.54, 1.807) is 0 Å². The first-order valence-electron chi connectivity index (χ1n) is 7.11. The summed E-state index contributed by atoms with van der Waals surface area (Å²) in [4.78, 5) is 12.6. The van der Waals surface area contributed by atoms with Crippen LogP contribution >= 0.6 is 11.8 Å². The number of thioether (sulfide) groups is 1. The summed E-state index contributed by atoms with van der Waals surface area (Å²) in [5.74, 6) is 3.27. The zero-order valence-corrected chi connectivity index (χ0v) is 12.6. The van der Waals surface area contributed by atoms with Gasteiger partial charge < -0.3 is 0 Å². The predicted octanol–water partition coefficient (Wildman–Crippen LogP) is 4.74. The monoisotopic (exact) mass is 274 g/mol. The molecule has 1 atom stereocenters. The van der Waals surface area contributed by atoms with Crippen LogP contribution in [0.15, 0.2) is 41.5 Å². The summed E-state index contributed by atoms with van der Waals surface area (Å²) in [6.45, 7) is 4.26. The minimum absolute atomic E-state index is 0.219. The number of hydrogen-bond acceptors (Lipinski definition) is 2. The van der Waals surface area contributed by atoms with E-state index in [1.807, 2.05) is 42.1 Å². The standard InChI is InChI=1S/C17H22OS/c1-3-16(13(2)15-10-7-11-19-12-15)17(18)14-8-5-4-6-9-14/h4-6,8-9,15H,3,7,10-12H2,1-2H3/b16-13+. The molecule has 1 aromatic rings. The number of allylic oxidation sites excluding steroid dienone is 2. The Kier molecular flexibility index (Phi) is 5.26. The average Bonchev–Trinajstić information content (AvgIpc) is 2.49. The molecule has 1 aromatic carbocycles. The van der Waals surface area contributed by atoms with Gasteiger partial charge in [-0.15, -0.1) is 0 Å². The van der Waals surface area contributed by atoms with Gasteiger partial charge in [0.05, 0.1) is 0 Å². The van der Waals surface area contributed by atoms with Crippen LogP contribution in [0.1, 0.15) is 43.5 Å². The number of benzene rings is 1. The van der Waals surface area contributed by atoms with Gasteiger partial charge in [0.1, 0.15) is 0 Å². The van der Waals surface area contributed by atoms with Crippen molar-refractivity contribution in [2.45, 2.75) is 33.1 Å². The maximum absolute atomic E-state index is 12.6. The van der Waals surface area contributed by atoms with Gasteiger partial charge in [0.25, 0.3) is 0 Å². The zero-order chi connectivity index (χ0) is 13.7. The lowest BCUT2D eigenvalue weighted by Crippen LogP contribution is -2.16. The Morgan fingerprint density at radius 1 is 1.32 bits per heavy atom. The van der Waals surface area contributed by atoms with Crippen molar-refractivity contribution in [2.24, 2.45) is 5.92 Å². The summed E-state index contributed by atoms with van der Waals surface area (Å²) >= 11 is 2.02. The van der Waals surface area contributed by atoms with Crippen molar-refractivity contribution in [3.05, 3.63) is 47.0 Å². The first-order chi connectivity index (χ1) is 9.24. The lowest BCUT2D eigenvalue weighted by atomic mass is 9.88. The molecule has 2 rings (SSSR count). The molecule has 1 fully saturated rings. The topological polar surface area (TPSA) is 17.1 Å². The van der Waals surface area contributed by atoms with Gasteiger partial charge in [-0.2, -0.15) is 11.8 Å². The highest BCUT2D eigenvalue weighted by molar-refractivity contribution is 7.99. The molecule has 0 aromatic heterocycles. The van der Waals surface area contributed by atoms with E-state index in [9.17, 15) is 4.79 Å². The van der Waals surface area contributed by atoms with Crippen LogP contribution in [0.3, 0.4) is 0 Å². The summed E-state index contributed by atoms with van der Waals surface area (Å²) in [5.41, 5.74) is 3.17. The molecule has 0 amide bonds. The number of carbonyl (C=O) groups excluding carboxylic acids is 1. The van der Waals surface area contributed by atoms with Gasteiger partial charge in [-0.05, 0) is 49.2 Å². The quantitative estimate of drug-likeness (QED) is 0.583. The van der Waals surface area contributed by atoms with Crippen LogP contribution in [0, 0.1) is 5.92 Å². The largest absolute Gasteiger partial charge is 0.289 e. The van der Waals surface area contributed by atoms with Crippen molar-refractivity contribution in [1.82, 2.24) is 0 Å². The molecular weight excluding hydrogens is 252 g/mol. The molecule has 1 aliphatic rings. The molecule has 19 heavy (non-hydrogen) atoms. The molecule has 2 heteroatoms. The third-order valence-corrected chi connectivity index (χ3v) is 5.13. The van der Waals surface area contributed by atoms with E-state index in [0.29, 0.717) is 5.92 Å². The van der Waals surface area contributed by atoms with Gasteiger partial charge in [0.2, 0.25) is 0 Å². The number of carbonyl (C=O) groups is 1. The summed E-state index contributed by atoms with van der Waals surface area (Å²) < 4.78 is 0. The van der Waals surface area contributed by atoms with Gasteiger partial charge in [-0.1, -0.05) is 42.8 Å². The Labute approximate surface area is 120 Å². The highest BCUT2D eigenvalue weighted by Crippen LogP contribution is 2.31. The average molecular weight is 274 g/mol. The van der Waals surface area contributed by atoms with Crippen LogP contribution in [0.5, 0.6) is 0 Å². The van der Waals surface area contributed by atoms with Crippen LogP contribution in [-0.2, 0) is 0 Å². The fraction of sp³-hybridized carbons (Fsp3) is 0.471. The summed E-state index contributed by atoms with van der Waals surface area (Å²) in [5, 5.41) is 0. The van der Waals surface area contributed by atoms with Gasteiger partial charge in [-0.25, -0.2) is 0 Å². The fourth-order valence-corrected chi connectivity index (χ4v) is 3.95. The van der Waals surface area contributed by atoms with Gasteiger partial charge in [0.15, 0.2) is 5.78 Å². The van der Waals surface area contributed by atoms with Crippen molar-refractivity contribution < 1.29 is 4.79 Å². The van der Waals surface area contributed by atoms with E-state index < -0.39 is 0 Å². The van der Waals surface area contributed by atoms with E-state index in [-0.39, 0.29) is 5.78 Å². The maximum atomic E-state index is 12.6. The Bertz CT molecular complexity index is 455. The number of rotatable bonds is 4. The molecular formula is C17H22OS. The second-order valence-electron chi connectivity index (χ2n) is 5.12. The first-order valence-corrected chi connectivity index (χ1v) is 8.26. The van der Waals surface area contributed by atoms with Gasteiger partial charge >= 0.3 is 0 Å². The SMILES string of the molecule is CC/C(C(=O)c1ccccc1)=C(/C)C1CCCSC1. The molecule has 1 unspecified atom stereocenters. The molecule has 0 radical (unpaired) electrons. The Balaban J connectivity index is 2.25. The highest BCUT2D eigenvalue weighted by Gasteiger charge is 2.21. The summed E-state index contributed by atoms with van der Waals surface area (Å²) in [6.07, 6.45) is 3.36. The normalized spacial score (nSPS) is 20.8.